The van der Waals surface area contributed by atoms with Crippen molar-refractivity contribution in [3.8, 4) is 0 Å². The first-order valence-electron chi connectivity index (χ1n) is 6.95. The standard InChI is InChI=1S/C16H21NO/c1-11-4-3-5-13(12(11)2)15(18)14-10-16(14)6-8-17-9-7-16/h3-5,14,17H,6-10H2,1-2H3. The number of Topliss-reactive ketones (excluding diaryl/α,β-unsaturated/α-hetero) is 1. The summed E-state index contributed by atoms with van der Waals surface area (Å²) in [6.45, 7) is 6.31. The van der Waals surface area contributed by atoms with Crippen LogP contribution in [0.15, 0.2) is 18.2 Å². The van der Waals surface area contributed by atoms with E-state index in [1.165, 1.54) is 24.0 Å². The van der Waals surface area contributed by atoms with Gasteiger partial charge in [0.2, 0.25) is 0 Å². The van der Waals surface area contributed by atoms with E-state index < -0.39 is 0 Å². The second kappa shape index (κ2) is 4.20. The molecule has 0 amide bonds. The molecule has 1 aliphatic heterocycles. The van der Waals surface area contributed by atoms with Crippen molar-refractivity contribution < 1.29 is 4.79 Å². The van der Waals surface area contributed by atoms with Crippen LogP contribution in [0.4, 0.5) is 0 Å². The van der Waals surface area contributed by atoms with Crippen molar-refractivity contribution in [3.05, 3.63) is 34.9 Å². The predicted octanol–water partition coefficient (Wildman–Crippen LogP) is 2.88. The van der Waals surface area contributed by atoms with E-state index in [1.54, 1.807) is 0 Å². The fraction of sp³-hybridized carbons (Fsp3) is 0.562. The molecular weight excluding hydrogens is 222 g/mol. The summed E-state index contributed by atoms with van der Waals surface area (Å²) < 4.78 is 0. The molecule has 1 spiro atoms. The SMILES string of the molecule is Cc1cccc(C(=O)C2CC23CCNCC3)c1C. The van der Waals surface area contributed by atoms with Crippen LogP contribution in [0, 0.1) is 25.2 Å². The first-order valence-corrected chi connectivity index (χ1v) is 6.95. The monoisotopic (exact) mass is 243 g/mol. The fourth-order valence-corrected chi connectivity index (χ4v) is 3.40. The van der Waals surface area contributed by atoms with Gasteiger partial charge in [-0.2, -0.15) is 0 Å². The number of benzene rings is 1. The maximum atomic E-state index is 12.6. The lowest BCUT2D eigenvalue weighted by Gasteiger charge is -2.23. The zero-order valence-corrected chi connectivity index (χ0v) is 11.3. The molecule has 1 heterocycles. The van der Waals surface area contributed by atoms with Gasteiger partial charge in [0.15, 0.2) is 5.78 Å². The number of piperidine rings is 1. The highest BCUT2D eigenvalue weighted by Crippen LogP contribution is 2.59. The maximum Gasteiger partial charge on any atom is 0.166 e. The quantitative estimate of drug-likeness (QED) is 0.809. The number of nitrogens with one attached hydrogen (secondary N) is 1. The number of hydrogen-bond donors (Lipinski definition) is 1. The molecule has 1 saturated carbocycles. The van der Waals surface area contributed by atoms with Crippen LogP contribution >= 0.6 is 0 Å². The molecule has 0 aromatic heterocycles. The van der Waals surface area contributed by atoms with Gasteiger partial charge in [0.1, 0.15) is 0 Å². The molecule has 2 nitrogen and oxygen atoms in total. The molecule has 3 rings (SSSR count). The second-order valence-corrected chi connectivity index (χ2v) is 5.98. The van der Waals surface area contributed by atoms with Gasteiger partial charge in [-0.15, -0.1) is 0 Å². The van der Waals surface area contributed by atoms with Gasteiger partial charge in [-0.25, -0.2) is 0 Å². The number of carbonyl (C=O) groups excluding carboxylic acids is 1. The van der Waals surface area contributed by atoms with E-state index in [-0.39, 0.29) is 0 Å². The van der Waals surface area contributed by atoms with Gasteiger partial charge in [0, 0.05) is 11.5 Å². The Morgan fingerprint density at radius 2 is 2.00 bits per heavy atom. The highest BCUT2D eigenvalue weighted by atomic mass is 16.1. The molecule has 18 heavy (non-hydrogen) atoms. The second-order valence-electron chi connectivity index (χ2n) is 5.98. The summed E-state index contributed by atoms with van der Waals surface area (Å²) in [6, 6.07) is 6.09. The van der Waals surface area contributed by atoms with Gasteiger partial charge in [-0.1, -0.05) is 18.2 Å². The molecule has 1 saturated heterocycles. The van der Waals surface area contributed by atoms with E-state index in [2.05, 4.69) is 25.2 Å². The fourth-order valence-electron chi connectivity index (χ4n) is 3.40. The van der Waals surface area contributed by atoms with Gasteiger partial charge in [0.05, 0.1) is 0 Å². The lowest BCUT2D eigenvalue weighted by molar-refractivity contribution is 0.0940. The van der Waals surface area contributed by atoms with Crippen molar-refractivity contribution in [3.63, 3.8) is 0 Å². The Labute approximate surface area is 109 Å². The number of hydrogen-bond acceptors (Lipinski definition) is 2. The Morgan fingerprint density at radius 1 is 1.28 bits per heavy atom. The third kappa shape index (κ3) is 1.79. The average Bonchev–Trinajstić information content (AvgIpc) is 3.06. The highest BCUT2D eigenvalue weighted by molar-refractivity contribution is 6.01. The molecule has 96 valence electrons. The summed E-state index contributed by atoms with van der Waals surface area (Å²) in [6.07, 6.45) is 3.46. The Kier molecular flexibility index (Phi) is 2.78. The van der Waals surface area contributed by atoms with Crippen LogP contribution in [-0.4, -0.2) is 18.9 Å². The van der Waals surface area contributed by atoms with E-state index in [4.69, 9.17) is 0 Å². The van der Waals surface area contributed by atoms with Crippen molar-refractivity contribution in [2.75, 3.05) is 13.1 Å². The lowest BCUT2D eigenvalue weighted by atomic mass is 9.88. The van der Waals surface area contributed by atoms with Gasteiger partial charge >= 0.3 is 0 Å². The van der Waals surface area contributed by atoms with Gasteiger partial charge in [0.25, 0.3) is 0 Å². The van der Waals surface area contributed by atoms with Crippen LogP contribution in [0.25, 0.3) is 0 Å². The number of rotatable bonds is 2. The van der Waals surface area contributed by atoms with Crippen molar-refractivity contribution in [1.29, 1.82) is 0 Å². The summed E-state index contributed by atoms with van der Waals surface area (Å²) in [5.41, 5.74) is 3.69. The van der Waals surface area contributed by atoms with Gasteiger partial charge < -0.3 is 5.32 Å². The number of ketones is 1. The van der Waals surface area contributed by atoms with Crippen molar-refractivity contribution >= 4 is 5.78 Å². The molecule has 1 aromatic rings. The molecule has 2 aliphatic rings. The molecule has 0 radical (unpaired) electrons. The van der Waals surface area contributed by atoms with Gasteiger partial charge in [-0.3, -0.25) is 4.79 Å². The van der Waals surface area contributed by atoms with E-state index in [9.17, 15) is 4.79 Å². The van der Waals surface area contributed by atoms with Crippen LogP contribution in [0.1, 0.15) is 40.7 Å². The minimum Gasteiger partial charge on any atom is -0.317 e. The summed E-state index contributed by atoms with van der Waals surface area (Å²) in [7, 11) is 0. The molecule has 1 aliphatic carbocycles. The van der Waals surface area contributed by atoms with Crippen LogP contribution in [0.2, 0.25) is 0 Å². The first kappa shape index (κ1) is 11.9. The summed E-state index contributed by atoms with van der Waals surface area (Å²) in [4.78, 5) is 12.6. The van der Waals surface area contributed by atoms with Crippen LogP contribution in [0.5, 0.6) is 0 Å². The largest absolute Gasteiger partial charge is 0.317 e. The van der Waals surface area contributed by atoms with E-state index in [0.717, 1.165) is 25.1 Å². The topological polar surface area (TPSA) is 29.1 Å². The smallest absolute Gasteiger partial charge is 0.166 e. The molecule has 2 heteroatoms. The van der Waals surface area contributed by atoms with Crippen LogP contribution in [0.3, 0.4) is 0 Å². The molecule has 1 N–H and O–H groups in total. The lowest BCUT2D eigenvalue weighted by Crippen LogP contribution is -2.30. The highest BCUT2D eigenvalue weighted by Gasteiger charge is 2.57. The van der Waals surface area contributed by atoms with Crippen molar-refractivity contribution in [2.45, 2.75) is 33.1 Å². The summed E-state index contributed by atoms with van der Waals surface area (Å²) in [5, 5.41) is 3.39. The Hall–Kier alpha value is -1.15. The first-order chi connectivity index (χ1) is 8.64. The molecule has 0 bridgehead atoms. The number of carbonyl (C=O) groups is 1. The van der Waals surface area contributed by atoms with E-state index >= 15 is 0 Å². The molecule has 2 fully saturated rings. The number of aryl methyl sites for hydroxylation is 1. The van der Waals surface area contributed by atoms with Crippen LogP contribution in [-0.2, 0) is 0 Å². The Bertz CT molecular complexity index is 486. The molecule has 1 atom stereocenters. The van der Waals surface area contributed by atoms with Gasteiger partial charge in [-0.05, 0) is 62.7 Å². The minimum absolute atomic E-state index is 0.292. The zero-order valence-electron chi connectivity index (χ0n) is 11.3. The van der Waals surface area contributed by atoms with Crippen molar-refractivity contribution in [1.82, 2.24) is 5.32 Å². The summed E-state index contributed by atoms with van der Waals surface area (Å²) >= 11 is 0. The third-order valence-corrected chi connectivity index (χ3v) is 4.98. The zero-order chi connectivity index (χ0) is 12.8. The normalized spacial score (nSPS) is 25.1. The Morgan fingerprint density at radius 3 is 2.72 bits per heavy atom. The predicted molar refractivity (Wildman–Crippen MR) is 72.9 cm³/mol. The molecule has 1 aromatic carbocycles. The Balaban J connectivity index is 1.82. The molecule has 1 unspecified atom stereocenters. The molecular formula is C16H21NO. The van der Waals surface area contributed by atoms with E-state index in [1.807, 2.05) is 12.1 Å². The summed E-state index contributed by atoms with van der Waals surface area (Å²) in [5.74, 6) is 0.679. The maximum absolute atomic E-state index is 12.6. The van der Waals surface area contributed by atoms with Crippen molar-refractivity contribution in [2.24, 2.45) is 11.3 Å². The third-order valence-electron chi connectivity index (χ3n) is 4.98. The van der Waals surface area contributed by atoms with E-state index in [0.29, 0.717) is 17.1 Å². The minimum atomic E-state index is 0.292. The van der Waals surface area contributed by atoms with Crippen LogP contribution < -0.4 is 5.32 Å². The average molecular weight is 243 g/mol.